The van der Waals surface area contributed by atoms with Gasteiger partial charge in [0, 0.05) is 33.3 Å². The molecule has 6 heteroatoms. The van der Waals surface area contributed by atoms with Gasteiger partial charge in [0.15, 0.2) is 5.96 Å². The standard InChI is InChI=1S/C17H30N4O2/c1-18-17(20-12-15-6-3-9-21(2)13-15)19-8-5-10-22-14-16-7-4-11-23-16/h4,7,11,15H,3,5-6,8-10,12-14H2,1-2H3,(H2,18,19,20). The van der Waals surface area contributed by atoms with Gasteiger partial charge in [0.25, 0.3) is 0 Å². The number of aliphatic imine (C=N–C) groups is 1. The molecule has 1 unspecified atom stereocenters. The number of piperidine rings is 1. The fourth-order valence-electron chi connectivity index (χ4n) is 2.85. The molecule has 0 aliphatic carbocycles. The molecule has 2 rings (SSSR count). The minimum Gasteiger partial charge on any atom is -0.467 e. The molecular formula is C17H30N4O2. The zero-order valence-electron chi connectivity index (χ0n) is 14.4. The Labute approximate surface area is 139 Å². The summed E-state index contributed by atoms with van der Waals surface area (Å²) in [4.78, 5) is 6.68. The first-order chi connectivity index (χ1) is 11.3. The molecule has 1 aliphatic heterocycles. The van der Waals surface area contributed by atoms with Crippen molar-refractivity contribution in [2.75, 3.05) is 46.9 Å². The zero-order valence-corrected chi connectivity index (χ0v) is 14.4. The molecule has 0 radical (unpaired) electrons. The first kappa shape index (κ1) is 17.8. The number of nitrogens with zero attached hydrogens (tertiary/aromatic N) is 2. The van der Waals surface area contributed by atoms with Gasteiger partial charge >= 0.3 is 0 Å². The molecule has 23 heavy (non-hydrogen) atoms. The highest BCUT2D eigenvalue weighted by Gasteiger charge is 2.17. The Balaban J connectivity index is 1.51. The van der Waals surface area contributed by atoms with E-state index < -0.39 is 0 Å². The Morgan fingerprint density at radius 1 is 1.48 bits per heavy atom. The molecule has 0 bridgehead atoms. The summed E-state index contributed by atoms with van der Waals surface area (Å²) in [5.41, 5.74) is 0. The van der Waals surface area contributed by atoms with E-state index in [1.165, 1.54) is 25.9 Å². The topological polar surface area (TPSA) is 62.0 Å². The Kier molecular flexibility index (Phi) is 7.97. The molecule has 2 heterocycles. The van der Waals surface area contributed by atoms with E-state index in [2.05, 4.69) is 27.6 Å². The van der Waals surface area contributed by atoms with Crippen LogP contribution >= 0.6 is 0 Å². The quantitative estimate of drug-likeness (QED) is 0.433. The van der Waals surface area contributed by atoms with E-state index in [1.54, 1.807) is 6.26 Å². The number of likely N-dealkylation sites (tertiary alicyclic amines) is 1. The van der Waals surface area contributed by atoms with Gasteiger partial charge in [-0.05, 0) is 50.9 Å². The van der Waals surface area contributed by atoms with Crippen LogP contribution in [0.5, 0.6) is 0 Å². The Morgan fingerprint density at radius 3 is 3.13 bits per heavy atom. The van der Waals surface area contributed by atoms with Crippen LogP contribution in [-0.2, 0) is 11.3 Å². The minimum absolute atomic E-state index is 0.537. The summed E-state index contributed by atoms with van der Waals surface area (Å²) in [6.07, 6.45) is 5.20. The lowest BCUT2D eigenvalue weighted by Gasteiger charge is -2.30. The zero-order chi connectivity index (χ0) is 16.3. The average molecular weight is 322 g/mol. The third kappa shape index (κ3) is 7.05. The SMILES string of the molecule is CN=C(NCCCOCc1ccco1)NCC1CCCN(C)C1. The van der Waals surface area contributed by atoms with E-state index in [0.717, 1.165) is 31.2 Å². The van der Waals surface area contributed by atoms with E-state index in [0.29, 0.717) is 19.1 Å². The van der Waals surface area contributed by atoms with Gasteiger partial charge < -0.3 is 24.7 Å². The summed E-state index contributed by atoms with van der Waals surface area (Å²) in [7, 11) is 4.01. The van der Waals surface area contributed by atoms with E-state index in [9.17, 15) is 0 Å². The summed E-state index contributed by atoms with van der Waals surface area (Å²) in [5, 5.41) is 6.77. The van der Waals surface area contributed by atoms with Crippen LogP contribution in [0.2, 0.25) is 0 Å². The van der Waals surface area contributed by atoms with Crippen molar-refractivity contribution in [1.29, 1.82) is 0 Å². The molecule has 1 aromatic heterocycles. The summed E-state index contributed by atoms with van der Waals surface area (Å²) in [6, 6.07) is 3.80. The van der Waals surface area contributed by atoms with Gasteiger partial charge in [0.2, 0.25) is 0 Å². The van der Waals surface area contributed by atoms with Crippen molar-refractivity contribution in [3.8, 4) is 0 Å². The Hall–Kier alpha value is -1.53. The highest BCUT2D eigenvalue weighted by atomic mass is 16.5. The van der Waals surface area contributed by atoms with Gasteiger partial charge in [-0.2, -0.15) is 0 Å². The Morgan fingerprint density at radius 2 is 2.39 bits per heavy atom. The van der Waals surface area contributed by atoms with E-state index in [1.807, 2.05) is 19.2 Å². The molecule has 1 aromatic rings. The molecule has 0 saturated carbocycles. The number of rotatable bonds is 8. The smallest absolute Gasteiger partial charge is 0.190 e. The second-order valence-electron chi connectivity index (χ2n) is 6.14. The molecule has 1 atom stereocenters. The number of ether oxygens (including phenoxy) is 1. The first-order valence-electron chi connectivity index (χ1n) is 8.51. The molecule has 2 N–H and O–H groups in total. The van der Waals surface area contributed by atoms with Crippen LogP contribution in [0.1, 0.15) is 25.0 Å². The maximum Gasteiger partial charge on any atom is 0.190 e. The van der Waals surface area contributed by atoms with Crippen LogP contribution in [0.25, 0.3) is 0 Å². The van der Waals surface area contributed by atoms with Crippen molar-refractivity contribution in [2.45, 2.75) is 25.9 Å². The predicted molar refractivity (Wildman–Crippen MR) is 92.6 cm³/mol. The molecule has 6 nitrogen and oxygen atoms in total. The van der Waals surface area contributed by atoms with Gasteiger partial charge in [0.05, 0.1) is 6.26 Å². The number of hydrogen-bond donors (Lipinski definition) is 2. The predicted octanol–water partition coefficient (Wildman–Crippen LogP) is 1.69. The molecule has 130 valence electrons. The fourth-order valence-corrected chi connectivity index (χ4v) is 2.85. The maximum absolute atomic E-state index is 5.56. The van der Waals surface area contributed by atoms with Crippen LogP contribution < -0.4 is 10.6 Å². The summed E-state index contributed by atoms with van der Waals surface area (Å²) < 4.78 is 10.8. The van der Waals surface area contributed by atoms with E-state index >= 15 is 0 Å². The first-order valence-corrected chi connectivity index (χ1v) is 8.51. The van der Waals surface area contributed by atoms with Gasteiger partial charge in [0.1, 0.15) is 12.4 Å². The molecule has 1 fully saturated rings. The third-order valence-corrected chi connectivity index (χ3v) is 4.09. The molecule has 1 aliphatic rings. The molecular weight excluding hydrogens is 292 g/mol. The second kappa shape index (κ2) is 10.3. The van der Waals surface area contributed by atoms with Crippen LogP contribution in [-0.4, -0.2) is 57.7 Å². The number of guanidine groups is 1. The lowest BCUT2D eigenvalue weighted by molar-refractivity contribution is 0.105. The van der Waals surface area contributed by atoms with Gasteiger partial charge in [-0.1, -0.05) is 0 Å². The van der Waals surface area contributed by atoms with Crippen molar-refractivity contribution >= 4 is 5.96 Å². The van der Waals surface area contributed by atoms with Crippen LogP contribution in [0.4, 0.5) is 0 Å². The third-order valence-electron chi connectivity index (χ3n) is 4.09. The van der Waals surface area contributed by atoms with Crippen molar-refractivity contribution < 1.29 is 9.15 Å². The normalized spacial score (nSPS) is 19.7. The van der Waals surface area contributed by atoms with Crippen molar-refractivity contribution in [2.24, 2.45) is 10.9 Å². The van der Waals surface area contributed by atoms with Crippen LogP contribution in [0, 0.1) is 5.92 Å². The van der Waals surface area contributed by atoms with Crippen molar-refractivity contribution in [1.82, 2.24) is 15.5 Å². The molecule has 0 aromatic carbocycles. The fraction of sp³-hybridized carbons (Fsp3) is 0.706. The molecule has 0 amide bonds. The minimum atomic E-state index is 0.537. The number of furan rings is 1. The summed E-state index contributed by atoms with van der Waals surface area (Å²) >= 11 is 0. The lowest BCUT2D eigenvalue weighted by Crippen LogP contribution is -2.43. The van der Waals surface area contributed by atoms with Gasteiger partial charge in [-0.3, -0.25) is 4.99 Å². The highest BCUT2D eigenvalue weighted by molar-refractivity contribution is 5.79. The summed E-state index contributed by atoms with van der Waals surface area (Å²) in [5.74, 6) is 2.46. The van der Waals surface area contributed by atoms with Crippen molar-refractivity contribution in [3.05, 3.63) is 24.2 Å². The monoisotopic (exact) mass is 322 g/mol. The van der Waals surface area contributed by atoms with Crippen LogP contribution in [0.15, 0.2) is 27.8 Å². The average Bonchev–Trinajstić information content (AvgIpc) is 3.07. The van der Waals surface area contributed by atoms with Crippen molar-refractivity contribution in [3.63, 3.8) is 0 Å². The second-order valence-corrected chi connectivity index (χ2v) is 6.14. The lowest BCUT2D eigenvalue weighted by atomic mass is 9.99. The highest BCUT2D eigenvalue weighted by Crippen LogP contribution is 2.13. The van der Waals surface area contributed by atoms with E-state index in [-0.39, 0.29) is 0 Å². The number of nitrogens with one attached hydrogen (secondary N) is 2. The molecule has 1 saturated heterocycles. The largest absolute Gasteiger partial charge is 0.467 e. The van der Waals surface area contributed by atoms with Crippen LogP contribution in [0.3, 0.4) is 0 Å². The van der Waals surface area contributed by atoms with Gasteiger partial charge in [-0.15, -0.1) is 0 Å². The number of hydrogen-bond acceptors (Lipinski definition) is 4. The maximum atomic E-state index is 5.56. The Bertz CT molecular complexity index is 447. The molecule has 0 spiro atoms. The van der Waals surface area contributed by atoms with E-state index in [4.69, 9.17) is 9.15 Å². The summed E-state index contributed by atoms with van der Waals surface area (Å²) in [6.45, 7) is 5.47. The van der Waals surface area contributed by atoms with Gasteiger partial charge in [-0.25, -0.2) is 0 Å².